The van der Waals surface area contributed by atoms with Crippen LogP contribution in [0.15, 0.2) is 255 Å². The van der Waals surface area contributed by atoms with Gasteiger partial charge in [-0.2, -0.15) is 0 Å². The molecule has 1 aromatic heterocycles. The third-order valence-electron chi connectivity index (χ3n) is 13.8. The maximum Gasteiger partial charge on any atom is 0.0714 e. The van der Waals surface area contributed by atoms with E-state index in [1.165, 1.54) is 76.7 Å². The second-order valence-electron chi connectivity index (χ2n) is 17.2. The molecule has 0 bridgehead atoms. The Morgan fingerprint density at radius 2 is 0.923 bits per heavy atom. The van der Waals surface area contributed by atoms with Gasteiger partial charge in [0.1, 0.15) is 0 Å². The van der Waals surface area contributed by atoms with Gasteiger partial charge in [0.15, 0.2) is 0 Å². The number of hydrogen-bond acceptors (Lipinski definition) is 1. The summed E-state index contributed by atoms with van der Waals surface area (Å²) in [4.78, 5) is 2.47. The Balaban J connectivity index is 1.04. The Bertz CT molecular complexity index is 3730. The van der Waals surface area contributed by atoms with E-state index in [0.29, 0.717) is 0 Å². The first-order valence-electron chi connectivity index (χ1n) is 22.5. The zero-order valence-electron chi connectivity index (χ0n) is 35.6. The molecule has 304 valence electrons. The number of nitrogens with zero attached hydrogens (tertiary/aromatic N) is 2. The summed E-state index contributed by atoms with van der Waals surface area (Å²) in [5.41, 5.74) is 16.3. The average molecular weight is 827 g/mol. The predicted octanol–water partition coefficient (Wildman–Crippen LogP) is 16.6. The first-order chi connectivity index (χ1) is 32.3. The number of aromatic nitrogens is 1. The van der Waals surface area contributed by atoms with E-state index in [1.807, 2.05) is 0 Å². The van der Waals surface area contributed by atoms with Gasteiger partial charge in [-0.05, 0) is 104 Å². The van der Waals surface area contributed by atoms with Crippen molar-refractivity contribution >= 4 is 60.4 Å². The number of benzene rings is 11. The Morgan fingerprint density at radius 3 is 1.71 bits per heavy atom. The lowest BCUT2D eigenvalue weighted by atomic mass is 9.67. The molecule has 1 heterocycles. The van der Waals surface area contributed by atoms with Crippen molar-refractivity contribution in [2.24, 2.45) is 0 Å². The first-order valence-corrected chi connectivity index (χ1v) is 22.5. The van der Waals surface area contributed by atoms with Crippen LogP contribution in [0.5, 0.6) is 0 Å². The van der Waals surface area contributed by atoms with Crippen LogP contribution in [0.4, 0.5) is 17.1 Å². The molecule has 13 rings (SSSR count). The van der Waals surface area contributed by atoms with Gasteiger partial charge < -0.3 is 9.47 Å². The summed E-state index contributed by atoms with van der Waals surface area (Å²) in [6.07, 6.45) is 0. The van der Waals surface area contributed by atoms with Crippen molar-refractivity contribution in [2.75, 3.05) is 4.90 Å². The topological polar surface area (TPSA) is 8.17 Å². The van der Waals surface area contributed by atoms with Crippen LogP contribution in [0.25, 0.3) is 71.3 Å². The van der Waals surface area contributed by atoms with E-state index < -0.39 is 5.41 Å². The lowest BCUT2D eigenvalue weighted by Gasteiger charge is -2.35. The molecule has 0 saturated heterocycles. The van der Waals surface area contributed by atoms with Crippen molar-refractivity contribution in [2.45, 2.75) is 5.41 Å². The van der Waals surface area contributed by atoms with Crippen LogP contribution in [0, 0.1) is 0 Å². The standard InChI is InChI=1S/C63H42N2/c1-4-22-47(23-5-1)63(48-24-6-2-7-25-48)58-32-15-14-31-54(58)55-39-36-51(42-59(55)63)64(60-33-17-20-43-18-10-12-29-52(43)60)50-28-16-21-45(40-50)46-35-37-56-57-38-34-44-19-11-13-30-53(44)62(57)65(61(56)41-46)49-26-8-3-9-27-49/h1-42H. The Labute approximate surface area is 378 Å². The van der Waals surface area contributed by atoms with Crippen molar-refractivity contribution in [3.05, 3.63) is 277 Å². The summed E-state index contributed by atoms with van der Waals surface area (Å²) in [7, 11) is 0. The molecule has 1 aliphatic carbocycles. The van der Waals surface area contributed by atoms with Crippen LogP contribution in [-0.4, -0.2) is 4.57 Å². The highest BCUT2D eigenvalue weighted by Crippen LogP contribution is 2.57. The largest absolute Gasteiger partial charge is 0.310 e. The molecule has 0 amide bonds. The van der Waals surface area contributed by atoms with Crippen molar-refractivity contribution in [3.8, 4) is 27.9 Å². The maximum atomic E-state index is 2.47. The van der Waals surface area contributed by atoms with Gasteiger partial charge in [-0.25, -0.2) is 0 Å². The molecule has 65 heavy (non-hydrogen) atoms. The van der Waals surface area contributed by atoms with Gasteiger partial charge in [-0.1, -0.05) is 206 Å². The maximum absolute atomic E-state index is 2.47. The highest BCUT2D eigenvalue weighted by atomic mass is 15.1. The molecule has 2 nitrogen and oxygen atoms in total. The fourth-order valence-electron chi connectivity index (χ4n) is 11.0. The molecule has 12 aromatic rings. The fraction of sp³-hybridized carbons (Fsp3) is 0.0159. The average Bonchev–Trinajstić information content (AvgIpc) is 3.88. The van der Waals surface area contributed by atoms with Gasteiger partial charge >= 0.3 is 0 Å². The second kappa shape index (κ2) is 14.8. The van der Waals surface area contributed by atoms with E-state index in [9.17, 15) is 0 Å². The number of rotatable bonds is 7. The third-order valence-corrected chi connectivity index (χ3v) is 13.8. The van der Waals surface area contributed by atoms with E-state index in [1.54, 1.807) is 0 Å². The van der Waals surface area contributed by atoms with Crippen LogP contribution in [-0.2, 0) is 5.41 Å². The third kappa shape index (κ3) is 5.67. The molecule has 0 fully saturated rings. The van der Waals surface area contributed by atoms with Crippen LogP contribution in [0.3, 0.4) is 0 Å². The van der Waals surface area contributed by atoms with Crippen molar-refractivity contribution in [1.29, 1.82) is 0 Å². The molecule has 0 aliphatic heterocycles. The molecule has 1 aliphatic rings. The smallest absolute Gasteiger partial charge is 0.0714 e. The highest BCUT2D eigenvalue weighted by Gasteiger charge is 2.46. The second-order valence-corrected chi connectivity index (χ2v) is 17.2. The lowest BCUT2D eigenvalue weighted by Crippen LogP contribution is -2.28. The minimum Gasteiger partial charge on any atom is -0.310 e. The van der Waals surface area contributed by atoms with Crippen LogP contribution in [0.2, 0.25) is 0 Å². The zero-order valence-corrected chi connectivity index (χ0v) is 35.6. The normalized spacial score (nSPS) is 12.7. The van der Waals surface area contributed by atoms with E-state index in [-0.39, 0.29) is 0 Å². The van der Waals surface area contributed by atoms with Gasteiger partial charge in [0.25, 0.3) is 0 Å². The number of fused-ring (bicyclic) bond motifs is 9. The van der Waals surface area contributed by atoms with E-state index in [0.717, 1.165) is 33.9 Å². The summed E-state index contributed by atoms with van der Waals surface area (Å²) in [5.74, 6) is 0. The molecule has 0 N–H and O–H groups in total. The summed E-state index contributed by atoms with van der Waals surface area (Å²) in [6.45, 7) is 0. The molecule has 0 atom stereocenters. The fourth-order valence-corrected chi connectivity index (χ4v) is 11.0. The molecule has 11 aromatic carbocycles. The predicted molar refractivity (Wildman–Crippen MR) is 273 cm³/mol. The van der Waals surface area contributed by atoms with Gasteiger partial charge in [-0.15, -0.1) is 0 Å². The summed E-state index contributed by atoms with van der Waals surface area (Å²) in [5, 5.41) is 7.39. The Morgan fingerprint density at radius 1 is 0.338 bits per heavy atom. The van der Waals surface area contributed by atoms with Crippen LogP contribution >= 0.6 is 0 Å². The van der Waals surface area contributed by atoms with E-state index in [2.05, 4.69) is 264 Å². The van der Waals surface area contributed by atoms with Gasteiger partial charge in [0, 0.05) is 38.6 Å². The molecular formula is C63H42N2. The molecular weight excluding hydrogens is 785 g/mol. The summed E-state index contributed by atoms with van der Waals surface area (Å²) >= 11 is 0. The number of hydrogen-bond donors (Lipinski definition) is 0. The SMILES string of the molecule is c1ccc(-n2c3cc(-c4cccc(N(c5ccc6c(c5)C(c5ccccc5)(c5ccccc5)c5ccccc5-6)c5cccc6ccccc56)c4)ccc3c3ccc4ccccc4c32)cc1. The Hall–Kier alpha value is -8.46. The molecule has 0 saturated carbocycles. The lowest BCUT2D eigenvalue weighted by molar-refractivity contribution is 0.768. The van der Waals surface area contributed by atoms with Crippen molar-refractivity contribution in [3.63, 3.8) is 0 Å². The van der Waals surface area contributed by atoms with Crippen LogP contribution in [0.1, 0.15) is 22.3 Å². The van der Waals surface area contributed by atoms with Gasteiger partial charge in [0.05, 0.1) is 22.1 Å². The first kappa shape index (κ1) is 37.1. The molecule has 2 heteroatoms. The molecule has 0 radical (unpaired) electrons. The monoisotopic (exact) mass is 826 g/mol. The molecule has 0 spiro atoms. The van der Waals surface area contributed by atoms with E-state index in [4.69, 9.17) is 0 Å². The summed E-state index contributed by atoms with van der Waals surface area (Å²) in [6, 6.07) is 93.9. The van der Waals surface area contributed by atoms with E-state index >= 15 is 0 Å². The number of anilines is 3. The number of para-hydroxylation sites is 1. The van der Waals surface area contributed by atoms with Crippen molar-refractivity contribution < 1.29 is 0 Å². The molecule has 0 unspecified atom stereocenters. The zero-order chi connectivity index (χ0) is 42.9. The van der Waals surface area contributed by atoms with Crippen molar-refractivity contribution in [1.82, 2.24) is 4.57 Å². The summed E-state index contributed by atoms with van der Waals surface area (Å²) < 4.78 is 2.46. The van der Waals surface area contributed by atoms with Gasteiger partial charge in [-0.3, -0.25) is 0 Å². The minimum absolute atomic E-state index is 0.519. The van der Waals surface area contributed by atoms with Gasteiger partial charge in [0.2, 0.25) is 0 Å². The highest BCUT2D eigenvalue weighted by molar-refractivity contribution is 6.19. The van der Waals surface area contributed by atoms with Crippen LogP contribution < -0.4 is 4.90 Å². The minimum atomic E-state index is -0.519. The Kier molecular flexibility index (Phi) is 8.47. The quantitative estimate of drug-likeness (QED) is 0.155.